The Bertz CT molecular complexity index is 144. The Kier molecular flexibility index (Phi) is 10.0. The number of unbranched alkanes of at least 4 members (excludes halogenated alkanes) is 5. The van der Waals surface area contributed by atoms with E-state index in [0.717, 1.165) is 24.1 Å². The van der Waals surface area contributed by atoms with Crippen LogP contribution in [0.2, 0.25) is 0 Å². The molecule has 0 aliphatic carbocycles. The van der Waals surface area contributed by atoms with Crippen LogP contribution in [0.3, 0.4) is 0 Å². The van der Waals surface area contributed by atoms with Gasteiger partial charge in [0.25, 0.3) is 0 Å². The van der Waals surface area contributed by atoms with E-state index in [-0.39, 0.29) is 0 Å². The van der Waals surface area contributed by atoms with E-state index in [0.29, 0.717) is 6.61 Å². The Morgan fingerprint density at radius 3 is 1.81 bits per heavy atom. The second kappa shape index (κ2) is 10.1. The molecule has 0 bridgehead atoms. The van der Waals surface area contributed by atoms with E-state index in [1.165, 1.54) is 45.1 Å². The molecule has 0 aromatic heterocycles. The van der Waals surface area contributed by atoms with Crippen molar-refractivity contribution >= 4 is 0 Å². The van der Waals surface area contributed by atoms with E-state index >= 15 is 0 Å². The molecule has 0 spiro atoms. The number of rotatable bonds is 11. The number of hydrogen-bond acceptors (Lipinski definition) is 1. The molecule has 0 aliphatic heterocycles. The highest BCUT2D eigenvalue weighted by atomic mass is 16.3. The molecule has 0 saturated heterocycles. The van der Waals surface area contributed by atoms with Gasteiger partial charge in [0, 0.05) is 0 Å². The largest absolute Gasteiger partial charge is 0.391 e. The van der Waals surface area contributed by atoms with Crippen LogP contribution in [0.4, 0.5) is 0 Å². The number of aliphatic hydroxyl groups is 1. The van der Waals surface area contributed by atoms with Crippen molar-refractivity contribution in [1.29, 1.82) is 0 Å². The third kappa shape index (κ3) is 6.49. The van der Waals surface area contributed by atoms with E-state index in [9.17, 15) is 0 Å². The average Bonchev–Trinajstić information content (AvgIpc) is 2.32. The van der Waals surface area contributed by atoms with Crippen LogP contribution in [0.15, 0.2) is 0 Å². The average molecular weight is 230 g/mol. The fraction of sp³-hybridized carbons (Fsp3) is 1.00. The van der Waals surface area contributed by atoms with Crippen LogP contribution in [0.5, 0.6) is 0 Å². The maximum atomic E-state index is 9.12. The van der Waals surface area contributed by atoms with Crippen molar-refractivity contribution in [2.45, 2.75) is 59.3 Å². The molecular weight excluding hydrogens is 198 g/mol. The number of hydrogen-bond donors (Lipinski definition) is 1. The molecule has 16 heavy (non-hydrogen) atoms. The quantitative estimate of drug-likeness (QED) is 0.427. The minimum atomic E-state index is 0.331. The molecule has 0 rings (SSSR count). The zero-order valence-electron chi connectivity index (χ0n) is 11.7. The van der Waals surface area contributed by atoms with Crippen LogP contribution < -0.4 is 0 Å². The van der Waals surface area contributed by atoms with Gasteiger partial charge in [-0.15, -0.1) is 0 Å². The summed E-state index contributed by atoms with van der Waals surface area (Å²) in [6.45, 7) is 11.6. The molecule has 0 unspecified atom stereocenters. The molecule has 0 aromatic carbocycles. The van der Waals surface area contributed by atoms with Gasteiger partial charge in [-0.2, -0.15) is 0 Å². The Morgan fingerprint density at radius 2 is 1.31 bits per heavy atom. The minimum absolute atomic E-state index is 0.331. The van der Waals surface area contributed by atoms with Crippen LogP contribution in [-0.4, -0.2) is 42.4 Å². The van der Waals surface area contributed by atoms with Crippen molar-refractivity contribution < 1.29 is 9.59 Å². The fourth-order valence-corrected chi connectivity index (χ4v) is 2.41. The first-order chi connectivity index (χ1) is 7.74. The molecule has 0 amide bonds. The van der Waals surface area contributed by atoms with E-state index in [1.54, 1.807) is 0 Å². The Labute approximate surface area is 102 Å². The topological polar surface area (TPSA) is 20.2 Å². The third-order valence-corrected chi connectivity index (χ3v) is 3.90. The van der Waals surface area contributed by atoms with Gasteiger partial charge < -0.3 is 9.59 Å². The Hall–Kier alpha value is -0.0800. The summed E-state index contributed by atoms with van der Waals surface area (Å²) >= 11 is 0. The summed E-state index contributed by atoms with van der Waals surface area (Å²) in [4.78, 5) is 0. The number of nitrogens with zero attached hydrogens (tertiary/aromatic N) is 1. The second-order valence-corrected chi connectivity index (χ2v) is 4.91. The summed E-state index contributed by atoms with van der Waals surface area (Å²) in [5.74, 6) is 0. The van der Waals surface area contributed by atoms with Gasteiger partial charge in [0.15, 0.2) is 0 Å². The molecule has 0 radical (unpaired) electrons. The molecular formula is C14H32NO+. The molecule has 1 N–H and O–H groups in total. The summed E-state index contributed by atoms with van der Waals surface area (Å²) < 4.78 is 1.10. The number of quaternary nitrogens is 1. The van der Waals surface area contributed by atoms with Crippen LogP contribution in [0, 0.1) is 0 Å². The standard InChI is InChI=1S/C14H32NO/c1-4-7-8-9-10-11-12-15(5-2,6-3)13-14-16/h16H,4-14H2,1-3H3/q+1. The molecule has 0 heterocycles. The molecule has 2 nitrogen and oxygen atoms in total. The predicted molar refractivity (Wildman–Crippen MR) is 71.5 cm³/mol. The monoisotopic (exact) mass is 230 g/mol. The van der Waals surface area contributed by atoms with Crippen LogP contribution >= 0.6 is 0 Å². The lowest BCUT2D eigenvalue weighted by Crippen LogP contribution is -2.50. The van der Waals surface area contributed by atoms with Gasteiger partial charge in [0.2, 0.25) is 0 Å². The third-order valence-electron chi connectivity index (χ3n) is 3.90. The molecule has 0 fully saturated rings. The minimum Gasteiger partial charge on any atom is -0.391 e. The zero-order chi connectivity index (χ0) is 12.3. The Balaban J connectivity index is 3.67. The van der Waals surface area contributed by atoms with E-state index in [4.69, 9.17) is 5.11 Å². The van der Waals surface area contributed by atoms with Crippen molar-refractivity contribution in [3.05, 3.63) is 0 Å². The van der Waals surface area contributed by atoms with Gasteiger partial charge in [-0.25, -0.2) is 0 Å². The highest BCUT2D eigenvalue weighted by Gasteiger charge is 2.21. The van der Waals surface area contributed by atoms with Crippen LogP contribution in [0.25, 0.3) is 0 Å². The SMILES string of the molecule is CCCCCCCC[N+](CC)(CC)CCO. The normalized spacial score (nSPS) is 12.0. The highest BCUT2D eigenvalue weighted by molar-refractivity contribution is 4.46. The first kappa shape index (κ1) is 15.9. The van der Waals surface area contributed by atoms with Gasteiger partial charge in [0.1, 0.15) is 6.54 Å². The number of aliphatic hydroxyl groups excluding tert-OH is 1. The van der Waals surface area contributed by atoms with Crippen molar-refractivity contribution in [3.63, 3.8) is 0 Å². The van der Waals surface area contributed by atoms with Crippen molar-refractivity contribution in [1.82, 2.24) is 0 Å². The van der Waals surface area contributed by atoms with Gasteiger partial charge >= 0.3 is 0 Å². The first-order valence-corrected chi connectivity index (χ1v) is 7.20. The summed E-state index contributed by atoms with van der Waals surface area (Å²) in [5.41, 5.74) is 0. The van der Waals surface area contributed by atoms with Gasteiger partial charge in [-0.3, -0.25) is 0 Å². The van der Waals surface area contributed by atoms with Crippen molar-refractivity contribution in [2.24, 2.45) is 0 Å². The van der Waals surface area contributed by atoms with Crippen molar-refractivity contribution in [2.75, 3.05) is 32.8 Å². The highest BCUT2D eigenvalue weighted by Crippen LogP contribution is 2.11. The molecule has 98 valence electrons. The van der Waals surface area contributed by atoms with Gasteiger partial charge in [-0.1, -0.05) is 32.6 Å². The van der Waals surface area contributed by atoms with E-state index in [1.807, 2.05) is 0 Å². The van der Waals surface area contributed by atoms with Gasteiger partial charge in [0.05, 0.1) is 26.2 Å². The number of likely N-dealkylation sites (N-methyl/N-ethyl adjacent to an activating group) is 1. The van der Waals surface area contributed by atoms with Gasteiger partial charge in [-0.05, 0) is 26.7 Å². The smallest absolute Gasteiger partial charge is 0.102 e. The molecule has 0 saturated carbocycles. The summed E-state index contributed by atoms with van der Waals surface area (Å²) in [6, 6.07) is 0. The molecule has 2 heteroatoms. The lowest BCUT2D eigenvalue weighted by Gasteiger charge is -2.36. The molecule has 0 atom stereocenters. The zero-order valence-corrected chi connectivity index (χ0v) is 11.7. The first-order valence-electron chi connectivity index (χ1n) is 7.20. The fourth-order valence-electron chi connectivity index (χ4n) is 2.41. The summed E-state index contributed by atoms with van der Waals surface area (Å²) in [7, 11) is 0. The maximum absolute atomic E-state index is 9.12. The van der Waals surface area contributed by atoms with Crippen molar-refractivity contribution in [3.8, 4) is 0 Å². The van der Waals surface area contributed by atoms with Crippen LogP contribution in [-0.2, 0) is 0 Å². The lowest BCUT2D eigenvalue weighted by molar-refractivity contribution is -0.925. The summed E-state index contributed by atoms with van der Waals surface area (Å²) in [6.07, 6.45) is 8.19. The molecule has 0 aromatic rings. The predicted octanol–water partition coefficient (Wildman–Crippen LogP) is 3.20. The van der Waals surface area contributed by atoms with Crippen LogP contribution in [0.1, 0.15) is 59.3 Å². The maximum Gasteiger partial charge on any atom is 0.102 e. The van der Waals surface area contributed by atoms with E-state index in [2.05, 4.69) is 20.8 Å². The van der Waals surface area contributed by atoms with E-state index < -0.39 is 0 Å². The lowest BCUT2D eigenvalue weighted by atomic mass is 10.1. The summed E-state index contributed by atoms with van der Waals surface area (Å²) in [5, 5.41) is 9.12. The molecule has 0 aliphatic rings. The second-order valence-electron chi connectivity index (χ2n) is 4.91. The Morgan fingerprint density at radius 1 is 0.750 bits per heavy atom.